The SMILES string of the molecule is COCCn1ncc(NCC2(N(C)C)CCC2)c(Cl)c1=O. The van der Waals surface area contributed by atoms with Gasteiger partial charge in [-0.2, -0.15) is 5.10 Å². The van der Waals surface area contributed by atoms with Gasteiger partial charge in [0.2, 0.25) is 0 Å². The Morgan fingerprint density at radius 3 is 2.76 bits per heavy atom. The van der Waals surface area contributed by atoms with Gasteiger partial charge in [0.25, 0.3) is 5.56 Å². The molecule has 0 bridgehead atoms. The Kier molecular flexibility index (Phi) is 5.24. The summed E-state index contributed by atoms with van der Waals surface area (Å²) >= 11 is 6.16. The molecule has 2 rings (SSSR count). The van der Waals surface area contributed by atoms with E-state index < -0.39 is 0 Å². The fraction of sp³-hybridized carbons (Fsp3) is 0.714. The van der Waals surface area contributed by atoms with Gasteiger partial charge in [0, 0.05) is 19.2 Å². The van der Waals surface area contributed by atoms with E-state index in [0.717, 1.165) is 19.4 Å². The van der Waals surface area contributed by atoms with E-state index in [-0.39, 0.29) is 16.1 Å². The van der Waals surface area contributed by atoms with Crippen LogP contribution in [-0.4, -0.2) is 54.6 Å². The normalized spacial score (nSPS) is 16.8. The molecule has 0 unspecified atom stereocenters. The molecule has 0 saturated heterocycles. The molecule has 0 spiro atoms. The minimum Gasteiger partial charge on any atom is -0.383 e. The third-order valence-electron chi connectivity index (χ3n) is 4.33. The van der Waals surface area contributed by atoms with Gasteiger partial charge >= 0.3 is 0 Å². The third-order valence-corrected chi connectivity index (χ3v) is 4.70. The van der Waals surface area contributed by atoms with Crippen molar-refractivity contribution in [1.82, 2.24) is 14.7 Å². The zero-order valence-corrected chi connectivity index (χ0v) is 13.6. The molecule has 118 valence electrons. The molecule has 1 aromatic heterocycles. The Hall–Kier alpha value is -1.11. The fourth-order valence-electron chi connectivity index (χ4n) is 2.55. The van der Waals surface area contributed by atoms with Crippen molar-refractivity contribution in [2.45, 2.75) is 31.3 Å². The van der Waals surface area contributed by atoms with Crippen LogP contribution >= 0.6 is 11.6 Å². The maximum atomic E-state index is 12.1. The summed E-state index contributed by atoms with van der Waals surface area (Å²) in [5.74, 6) is 0. The van der Waals surface area contributed by atoms with Crippen LogP contribution in [0.2, 0.25) is 5.02 Å². The average molecular weight is 315 g/mol. The lowest BCUT2D eigenvalue weighted by molar-refractivity contribution is 0.0739. The lowest BCUT2D eigenvalue weighted by Gasteiger charge is -2.47. The molecular formula is C14H23ClN4O2. The first-order valence-electron chi connectivity index (χ1n) is 7.16. The zero-order chi connectivity index (χ0) is 15.5. The second kappa shape index (κ2) is 6.77. The molecule has 1 fully saturated rings. The maximum Gasteiger partial charge on any atom is 0.287 e. The number of aromatic nitrogens is 2. The molecule has 21 heavy (non-hydrogen) atoms. The van der Waals surface area contributed by atoms with Crippen molar-refractivity contribution in [2.75, 3.05) is 39.7 Å². The molecule has 0 amide bonds. The van der Waals surface area contributed by atoms with Crippen LogP contribution < -0.4 is 10.9 Å². The molecule has 6 nitrogen and oxygen atoms in total. The van der Waals surface area contributed by atoms with Gasteiger partial charge in [0.05, 0.1) is 25.0 Å². The number of hydrogen-bond donors (Lipinski definition) is 1. The minimum atomic E-state index is -0.286. The average Bonchev–Trinajstić information content (AvgIpc) is 2.40. The Bertz CT molecular complexity index is 540. The van der Waals surface area contributed by atoms with Gasteiger partial charge in [-0.05, 0) is 33.4 Å². The molecular weight excluding hydrogens is 292 g/mol. The number of methoxy groups -OCH3 is 1. The van der Waals surface area contributed by atoms with E-state index >= 15 is 0 Å². The summed E-state index contributed by atoms with van der Waals surface area (Å²) in [6.07, 6.45) is 5.16. The predicted octanol–water partition coefficient (Wildman–Crippen LogP) is 1.44. The Morgan fingerprint density at radius 2 is 2.24 bits per heavy atom. The molecule has 1 aliphatic carbocycles. The number of nitrogens with zero attached hydrogens (tertiary/aromatic N) is 3. The van der Waals surface area contributed by atoms with Gasteiger partial charge in [-0.1, -0.05) is 11.6 Å². The Balaban J connectivity index is 2.07. The molecule has 7 heteroatoms. The molecule has 0 atom stereocenters. The molecule has 1 aliphatic rings. The summed E-state index contributed by atoms with van der Waals surface area (Å²) in [7, 11) is 5.76. The summed E-state index contributed by atoms with van der Waals surface area (Å²) < 4.78 is 6.27. The summed E-state index contributed by atoms with van der Waals surface area (Å²) in [6.45, 7) is 1.60. The molecule has 0 radical (unpaired) electrons. The Labute approximate surface area is 130 Å². The van der Waals surface area contributed by atoms with Crippen LogP contribution in [0.25, 0.3) is 0 Å². The van der Waals surface area contributed by atoms with Crippen LogP contribution in [0, 0.1) is 0 Å². The van der Waals surface area contributed by atoms with Gasteiger partial charge < -0.3 is 15.0 Å². The number of likely N-dealkylation sites (N-methyl/N-ethyl adjacent to an activating group) is 1. The quantitative estimate of drug-likeness (QED) is 0.825. The van der Waals surface area contributed by atoms with E-state index in [1.807, 2.05) is 0 Å². The van der Waals surface area contributed by atoms with Crippen molar-refractivity contribution in [3.05, 3.63) is 21.6 Å². The highest BCUT2D eigenvalue weighted by Crippen LogP contribution is 2.36. The fourth-order valence-corrected chi connectivity index (χ4v) is 2.77. The van der Waals surface area contributed by atoms with Crippen molar-refractivity contribution in [1.29, 1.82) is 0 Å². The van der Waals surface area contributed by atoms with Crippen LogP contribution in [0.15, 0.2) is 11.0 Å². The summed E-state index contributed by atoms with van der Waals surface area (Å²) in [5.41, 5.74) is 0.475. The van der Waals surface area contributed by atoms with Crippen LogP contribution in [0.5, 0.6) is 0 Å². The smallest absolute Gasteiger partial charge is 0.287 e. The summed E-state index contributed by atoms with van der Waals surface area (Å²) in [6, 6.07) is 0. The number of nitrogens with one attached hydrogen (secondary N) is 1. The first-order valence-corrected chi connectivity index (χ1v) is 7.54. The standard InChI is InChI=1S/C14H23ClN4O2/c1-18(2)14(5-4-6-14)10-16-11-9-17-19(7-8-21-3)13(20)12(11)15/h9,16H,4-8,10H2,1-3H3. The highest BCUT2D eigenvalue weighted by atomic mass is 35.5. The van der Waals surface area contributed by atoms with E-state index in [0.29, 0.717) is 18.8 Å². The minimum absolute atomic E-state index is 0.161. The van der Waals surface area contributed by atoms with Gasteiger partial charge in [-0.3, -0.25) is 4.79 Å². The number of anilines is 1. The highest BCUT2D eigenvalue weighted by molar-refractivity contribution is 6.32. The zero-order valence-electron chi connectivity index (χ0n) is 12.9. The molecule has 1 aromatic rings. The van der Waals surface area contributed by atoms with Gasteiger partial charge in [-0.25, -0.2) is 4.68 Å². The largest absolute Gasteiger partial charge is 0.383 e. The molecule has 0 aromatic carbocycles. The lowest BCUT2D eigenvalue weighted by atomic mass is 9.75. The highest BCUT2D eigenvalue weighted by Gasteiger charge is 2.38. The van der Waals surface area contributed by atoms with Gasteiger partial charge in [-0.15, -0.1) is 0 Å². The number of halogens is 1. The molecule has 1 heterocycles. The molecule has 1 saturated carbocycles. The third kappa shape index (κ3) is 3.39. The monoisotopic (exact) mass is 314 g/mol. The maximum absolute atomic E-state index is 12.1. The second-order valence-electron chi connectivity index (χ2n) is 5.72. The lowest BCUT2D eigenvalue weighted by Crippen LogP contribution is -2.54. The van der Waals surface area contributed by atoms with Crippen LogP contribution in [0.1, 0.15) is 19.3 Å². The topological polar surface area (TPSA) is 59.4 Å². The van der Waals surface area contributed by atoms with Crippen LogP contribution in [-0.2, 0) is 11.3 Å². The van der Waals surface area contributed by atoms with Gasteiger partial charge in [0.15, 0.2) is 0 Å². The van der Waals surface area contributed by atoms with Crippen LogP contribution in [0.4, 0.5) is 5.69 Å². The van der Waals surface area contributed by atoms with Crippen molar-refractivity contribution < 1.29 is 4.74 Å². The summed E-state index contributed by atoms with van der Waals surface area (Å²) in [4.78, 5) is 14.3. The van der Waals surface area contributed by atoms with E-state index in [1.54, 1.807) is 13.3 Å². The number of hydrogen-bond acceptors (Lipinski definition) is 5. The van der Waals surface area contributed by atoms with E-state index in [1.165, 1.54) is 11.1 Å². The number of ether oxygens (including phenoxy) is 1. The predicted molar refractivity (Wildman–Crippen MR) is 84.1 cm³/mol. The van der Waals surface area contributed by atoms with Crippen molar-refractivity contribution in [2.24, 2.45) is 0 Å². The van der Waals surface area contributed by atoms with E-state index in [9.17, 15) is 4.79 Å². The van der Waals surface area contributed by atoms with Crippen molar-refractivity contribution in [3.8, 4) is 0 Å². The molecule has 1 N–H and O–H groups in total. The van der Waals surface area contributed by atoms with Crippen molar-refractivity contribution >= 4 is 17.3 Å². The van der Waals surface area contributed by atoms with Gasteiger partial charge in [0.1, 0.15) is 5.02 Å². The first-order chi connectivity index (χ1) is 10.00. The Morgan fingerprint density at radius 1 is 1.52 bits per heavy atom. The van der Waals surface area contributed by atoms with Crippen LogP contribution in [0.3, 0.4) is 0 Å². The summed E-state index contributed by atoms with van der Waals surface area (Å²) in [5, 5.41) is 7.60. The van der Waals surface area contributed by atoms with Crippen molar-refractivity contribution in [3.63, 3.8) is 0 Å². The first kappa shape index (κ1) is 16.3. The number of rotatable bonds is 7. The molecule has 0 aliphatic heterocycles. The van der Waals surface area contributed by atoms with E-state index in [2.05, 4.69) is 29.4 Å². The van der Waals surface area contributed by atoms with E-state index in [4.69, 9.17) is 16.3 Å². The second-order valence-corrected chi connectivity index (χ2v) is 6.10.